The van der Waals surface area contributed by atoms with Crippen LogP contribution < -0.4 is 5.32 Å². The summed E-state index contributed by atoms with van der Waals surface area (Å²) in [6.45, 7) is 7.83. The summed E-state index contributed by atoms with van der Waals surface area (Å²) in [7, 11) is 0. The third-order valence-electron chi connectivity index (χ3n) is 4.76. The van der Waals surface area contributed by atoms with Crippen LogP contribution in [-0.2, 0) is 11.2 Å². The molecule has 1 aromatic carbocycles. The summed E-state index contributed by atoms with van der Waals surface area (Å²) in [5, 5.41) is 8.35. The number of aryl methyl sites for hydroxylation is 2. The van der Waals surface area contributed by atoms with Crippen molar-refractivity contribution in [1.29, 1.82) is 0 Å². The number of aromatic nitrogens is 3. The van der Waals surface area contributed by atoms with Crippen molar-refractivity contribution in [3.05, 3.63) is 75.8 Å². The monoisotopic (exact) mass is 382 g/mol. The number of carbonyl (C=O) groups is 1. The normalized spacial score (nSPS) is 12.0. The highest BCUT2D eigenvalue weighted by Crippen LogP contribution is 2.23. The van der Waals surface area contributed by atoms with Gasteiger partial charge in [0, 0.05) is 28.7 Å². The highest BCUT2D eigenvalue weighted by molar-refractivity contribution is 6.31. The van der Waals surface area contributed by atoms with Crippen LogP contribution in [-0.4, -0.2) is 20.7 Å². The van der Waals surface area contributed by atoms with E-state index in [1.807, 2.05) is 62.7 Å². The Labute approximate surface area is 164 Å². The van der Waals surface area contributed by atoms with E-state index in [0.717, 1.165) is 33.8 Å². The lowest BCUT2D eigenvalue weighted by Crippen LogP contribution is -2.28. The summed E-state index contributed by atoms with van der Waals surface area (Å²) in [5.41, 5.74) is 5.66. The van der Waals surface area contributed by atoms with Crippen molar-refractivity contribution in [2.24, 2.45) is 0 Å². The molecule has 1 N–H and O–H groups in total. The van der Waals surface area contributed by atoms with Crippen LogP contribution in [0.2, 0.25) is 5.02 Å². The van der Waals surface area contributed by atoms with Gasteiger partial charge < -0.3 is 5.32 Å². The van der Waals surface area contributed by atoms with Gasteiger partial charge in [-0.2, -0.15) is 5.10 Å². The number of benzene rings is 1. The molecule has 1 amide bonds. The van der Waals surface area contributed by atoms with Gasteiger partial charge in [-0.1, -0.05) is 17.7 Å². The van der Waals surface area contributed by atoms with Crippen molar-refractivity contribution in [2.45, 2.75) is 40.2 Å². The third-order valence-corrected chi connectivity index (χ3v) is 5.17. The van der Waals surface area contributed by atoms with Crippen LogP contribution in [0.25, 0.3) is 5.69 Å². The van der Waals surface area contributed by atoms with Crippen LogP contribution >= 0.6 is 11.6 Å². The van der Waals surface area contributed by atoms with Crippen LogP contribution in [0.3, 0.4) is 0 Å². The van der Waals surface area contributed by atoms with E-state index < -0.39 is 0 Å². The van der Waals surface area contributed by atoms with Gasteiger partial charge in [0.05, 0.1) is 23.8 Å². The lowest BCUT2D eigenvalue weighted by molar-refractivity contribution is -0.121. The summed E-state index contributed by atoms with van der Waals surface area (Å²) in [4.78, 5) is 16.6. The summed E-state index contributed by atoms with van der Waals surface area (Å²) < 4.78 is 1.84. The van der Waals surface area contributed by atoms with E-state index in [9.17, 15) is 4.79 Å². The number of halogens is 1. The van der Waals surface area contributed by atoms with E-state index in [4.69, 9.17) is 11.6 Å². The zero-order chi connectivity index (χ0) is 19.6. The lowest BCUT2D eigenvalue weighted by atomic mass is 10.1. The van der Waals surface area contributed by atoms with Crippen molar-refractivity contribution in [1.82, 2.24) is 20.1 Å². The Morgan fingerprint density at radius 3 is 2.56 bits per heavy atom. The number of pyridine rings is 1. The van der Waals surface area contributed by atoms with Gasteiger partial charge in [-0.25, -0.2) is 4.68 Å². The molecule has 0 bridgehead atoms. The zero-order valence-electron chi connectivity index (χ0n) is 16.0. The first-order chi connectivity index (χ1) is 12.9. The summed E-state index contributed by atoms with van der Waals surface area (Å²) >= 11 is 6.25. The second kappa shape index (κ2) is 7.92. The van der Waals surface area contributed by atoms with Crippen molar-refractivity contribution in [2.75, 3.05) is 0 Å². The quantitative estimate of drug-likeness (QED) is 0.717. The molecule has 3 rings (SSSR count). The Morgan fingerprint density at radius 2 is 1.89 bits per heavy atom. The average Bonchev–Trinajstić information content (AvgIpc) is 2.93. The Bertz CT molecular complexity index is 966. The van der Waals surface area contributed by atoms with Crippen molar-refractivity contribution in [3.8, 4) is 5.69 Å². The first kappa shape index (κ1) is 19.1. The third kappa shape index (κ3) is 4.19. The summed E-state index contributed by atoms with van der Waals surface area (Å²) in [5.74, 6) is -0.0352. The highest BCUT2D eigenvalue weighted by Gasteiger charge is 2.18. The van der Waals surface area contributed by atoms with E-state index in [1.54, 1.807) is 12.4 Å². The van der Waals surface area contributed by atoms with Crippen LogP contribution in [0.5, 0.6) is 0 Å². The zero-order valence-corrected chi connectivity index (χ0v) is 16.7. The second-order valence-electron chi connectivity index (χ2n) is 6.74. The minimum Gasteiger partial charge on any atom is -0.349 e. The fourth-order valence-electron chi connectivity index (χ4n) is 3.08. The maximum absolute atomic E-state index is 12.6. The minimum atomic E-state index is -0.0768. The molecular formula is C21H23ClN4O. The fraction of sp³-hybridized carbons (Fsp3) is 0.286. The number of amides is 1. The molecule has 0 fully saturated rings. The van der Waals surface area contributed by atoms with Gasteiger partial charge >= 0.3 is 0 Å². The topological polar surface area (TPSA) is 59.8 Å². The van der Waals surface area contributed by atoms with Gasteiger partial charge in [0.25, 0.3) is 0 Å². The van der Waals surface area contributed by atoms with Gasteiger partial charge in [0.1, 0.15) is 0 Å². The minimum absolute atomic E-state index is 0.0352. The first-order valence-electron chi connectivity index (χ1n) is 8.87. The van der Waals surface area contributed by atoms with Crippen LogP contribution in [0, 0.1) is 20.8 Å². The number of nitrogens with one attached hydrogen (secondary N) is 1. The van der Waals surface area contributed by atoms with E-state index in [-0.39, 0.29) is 18.4 Å². The molecule has 0 unspecified atom stereocenters. The number of hydrogen-bond acceptors (Lipinski definition) is 3. The maximum Gasteiger partial charge on any atom is 0.225 e. The molecule has 0 saturated heterocycles. The number of rotatable bonds is 5. The molecule has 1 atom stereocenters. The lowest BCUT2D eigenvalue weighted by Gasteiger charge is -2.14. The van der Waals surface area contributed by atoms with Crippen LogP contribution in [0.15, 0.2) is 42.7 Å². The highest BCUT2D eigenvalue weighted by atomic mass is 35.5. The van der Waals surface area contributed by atoms with Gasteiger partial charge in [-0.05, 0) is 63.1 Å². The maximum atomic E-state index is 12.6. The Morgan fingerprint density at radius 1 is 1.19 bits per heavy atom. The Kier molecular flexibility index (Phi) is 5.61. The molecule has 2 aromatic heterocycles. The molecule has 0 aliphatic rings. The summed E-state index contributed by atoms with van der Waals surface area (Å²) in [6, 6.07) is 9.58. The molecule has 0 radical (unpaired) electrons. The van der Waals surface area contributed by atoms with Crippen LogP contribution in [0.4, 0.5) is 0 Å². The van der Waals surface area contributed by atoms with Crippen molar-refractivity contribution >= 4 is 17.5 Å². The van der Waals surface area contributed by atoms with Crippen LogP contribution in [0.1, 0.15) is 41.0 Å². The number of hydrogen-bond donors (Lipinski definition) is 1. The molecular weight excluding hydrogens is 360 g/mol. The van der Waals surface area contributed by atoms with E-state index >= 15 is 0 Å². The Hall–Kier alpha value is -2.66. The largest absolute Gasteiger partial charge is 0.349 e. The molecule has 27 heavy (non-hydrogen) atoms. The predicted octanol–water partition coefficient (Wildman–Crippen LogP) is 4.27. The second-order valence-corrected chi connectivity index (χ2v) is 7.15. The standard InChI is InChI=1S/C21H23ClN4O/c1-13-5-6-18(11-20(13)22)26-16(4)19(15(3)25-26)12-21(27)24-14(2)17-7-9-23-10-8-17/h5-11,14H,12H2,1-4H3,(H,24,27)/t14-/m1/s1. The van der Waals surface area contributed by atoms with E-state index in [0.29, 0.717) is 5.02 Å². The molecule has 5 nitrogen and oxygen atoms in total. The number of carbonyl (C=O) groups excluding carboxylic acids is 1. The summed E-state index contributed by atoms with van der Waals surface area (Å²) in [6.07, 6.45) is 3.73. The van der Waals surface area contributed by atoms with Gasteiger partial charge in [-0.3, -0.25) is 9.78 Å². The fourth-order valence-corrected chi connectivity index (χ4v) is 3.26. The van der Waals surface area contributed by atoms with E-state index in [2.05, 4.69) is 15.4 Å². The average molecular weight is 383 g/mol. The number of nitrogens with zero attached hydrogens (tertiary/aromatic N) is 3. The molecule has 0 aliphatic carbocycles. The molecule has 6 heteroatoms. The smallest absolute Gasteiger partial charge is 0.225 e. The SMILES string of the molecule is Cc1ccc(-n2nc(C)c(CC(=O)N[C@H](C)c3ccncc3)c2C)cc1Cl. The molecule has 2 heterocycles. The predicted molar refractivity (Wildman–Crippen MR) is 107 cm³/mol. The van der Waals surface area contributed by atoms with Crippen molar-refractivity contribution in [3.63, 3.8) is 0 Å². The van der Waals surface area contributed by atoms with Gasteiger partial charge in [0.2, 0.25) is 5.91 Å². The molecule has 0 aliphatic heterocycles. The first-order valence-corrected chi connectivity index (χ1v) is 9.25. The molecule has 3 aromatic rings. The van der Waals surface area contributed by atoms with Gasteiger partial charge in [0.15, 0.2) is 0 Å². The Balaban J connectivity index is 1.78. The van der Waals surface area contributed by atoms with Gasteiger partial charge in [-0.15, -0.1) is 0 Å². The molecule has 0 spiro atoms. The molecule has 0 saturated carbocycles. The van der Waals surface area contributed by atoms with E-state index in [1.165, 1.54) is 0 Å². The van der Waals surface area contributed by atoms with Crippen molar-refractivity contribution < 1.29 is 4.79 Å². The molecule has 140 valence electrons.